The van der Waals surface area contributed by atoms with E-state index in [4.69, 9.17) is 11.6 Å². The van der Waals surface area contributed by atoms with Crippen molar-refractivity contribution < 1.29 is 18.0 Å². The first-order valence-corrected chi connectivity index (χ1v) is 7.87. The van der Waals surface area contributed by atoms with Crippen LogP contribution < -0.4 is 17.0 Å². The van der Waals surface area contributed by atoms with Gasteiger partial charge in [-0.25, -0.2) is 10.8 Å². The highest BCUT2D eigenvalue weighted by molar-refractivity contribution is 7.21. The number of anilines is 1. The molecule has 1 amide bonds. The maximum Gasteiger partial charge on any atom is 0.417 e. The molecule has 10 heteroatoms. The second-order valence-corrected chi connectivity index (χ2v) is 6.48. The van der Waals surface area contributed by atoms with Gasteiger partial charge in [0.05, 0.1) is 21.8 Å². The van der Waals surface area contributed by atoms with Crippen molar-refractivity contribution in [3.05, 3.63) is 34.0 Å². The van der Waals surface area contributed by atoms with Gasteiger partial charge < -0.3 is 5.73 Å². The SMILES string of the molecule is NNC(=O)c1sc2nc(-c3cccs3)cc(C(F)(F)F)c2c1N. The van der Waals surface area contributed by atoms with Gasteiger partial charge >= 0.3 is 6.18 Å². The number of fused-ring (bicyclic) bond motifs is 1. The van der Waals surface area contributed by atoms with Gasteiger partial charge in [0.15, 0.2) is 0 Å². The lowest BCUT2D eigenvalue weighted by Crippen LogP contribution is -2.29. The first kappa shape index (κ1) is 15.7. The second kappa shape index (κ2) is 5.48. The van der Waals surface area contributed by atoms with Gasteiger partial charge in [-0.1, -0.05) is 6.07 Å². The summed E-state index contributed by atoms with van der Waals surface area (Å²) in [4.78, 5) is 16.4. The molecule has 0 radical (unpaired) electrons. The molecule has 0 spiro atoms. The predicted octanol–water partition coefficient (Wildman–Crippen LogP) is 3.23. The third kappa shape index (κ3) is 2.64. The first-order valence-electron chi connectivity index (χ1n) is 6.18. The van der Waals surface area contributed by atoms with Crippen molar-refractivity contribution in [1.82, 2.24) is 10.4 Å². The minimum absolute atomic E-state index is 0.0410. The number of carbonyl (C=O) groups is 1. The summed E-state index contributed by atoms with van der Waals surface area (Å²) in [5, 5.41) is 1.46. The van der Waals surface area contributed by atoms with E-state index in [0.717, 1.165) is 17.4 Å². The number of nitrogens with zero attached hydrogens (tertiary/aromatic N) is 1. The standard InChI is InChI=1S/C13H9F3N4OS2/c14-13(15,16)5-4-6(7-2-1-3-22-7)19-12-8(5)9(17)10(23-12)11(21)20-18/h1-4H,17-18H2,(H,20,21). The number of rotatable bonds is 2. The van der Waals surface area contributed by atoms with Crippen LogP contribution in [-0.2, 0) is 6.18 Å². The number of hydrazine groups is 1. The normalized spacial score (nSPS) is 11.8. The Hall–Kier alpha value is -2.17. The quantitative estimate of drug-likeness (QED) is 0.372. The molecule has 3 aromatic rings. The predicted molar refractivity (Wildman–Crippen MR) is 84.0 cm³/mol. The molecule has 0 aliphatic rings. The number of hydrogen-bond donors (Lipinski definition) is 3. The van der Waals surface area contributed by atoms with E-state index in [0.29, 0.717) is 4.88 Å². The lowest BCUT2D eigenvalue weighted by Gasteiger charge is -2.10. The lowest BCUT2D eigenvalue weighted by molar-refractivity contribution is -0.136. The number of halogens is 3. The Labute approximate surface area is 135 Å². The third-order valence-corrected chi connectivity index (χ3v) is 5.11. The van der Waals surface area contributed by atoms with E-state index in [1.807, 2.05) is 5.43 Å². The summed E-state index contributed by atoms with van der Waals surface area (Å²) in [5.41, 5.74) is 6.59. The zero-order valence-corrected chi connectivity index (χ0v) is 12.9. The van der Waals surface area contributed by atoms with Crippen LogP contribution in [0.3, 0.4) is 0 Å². The molecule has 0 atom stereocenters. The zero-order valence-electron chi connectivity index (χ0n) is 11.3. The Balaban J connectivity index is 2.35. The van der Waals surface area contributed by atoms with Crippen LogP contribution in [0.5, 0.6) is 0 Å². The molecule has 3 heterocycles. The highest BCUT2D eigenvalue weighted by atomic mass is 32.1. The van der Waals surface area contributed by atoms with Gasteiger partial charge in [-0.05, 0) is 17.5 Å². The monoisotopic (exact) mass is 358 g/mol. The average molecular weight is 358 g/mol. The van der Waals surface area contributed by atoms with E-state index in [1.165, 1.54) is 11.3 Å². The fourth-order valence-electron chi connectivity index (χ4n) is 2.13. The number of thiophene rings is 2. The summed E-state index contributed by atoms with van der Waals surface area (Å²) >= 11 is 2.04. The summed E-state index contributed by atoms with van der Waals surface area (Å²) in [6, 6.07) is 4.33. The summed E-state index contributed by atoms with van der Waals surface area (Å²) in [5.74, 6) is 4.28. The van der Waals surface area contributed by atoms with Crippen LogP contribution in [0, 0.1) is 0 Å². The number of aromatic nitrogens is 1. The first-order chi connectivity index (χ1) is 10.8. The molecule has 0 aliphatic carbocycles. The summed E-state index contributed by atoms with van der Waals surface area (Å²) < 4.78 is 40.2. The average Bonchev–Trinajstić information content (AvgIpc) is 3.13. The van der Waals surface area contributed by atoms with Crippen molar-refractivity contribution in [2.24, 2.45) is 5.84 Å². The molecule has 120 valence electrons. The van der Waals surface area contributed by atoms with E-state index >= 15 is 0 Å². The molecule has 0 bridgehead atoms. The number of alkyl halides is 3. The van der Waals surface area contributed by atoms with E-state index in [9.17, 15) is 18.0 Å². The molecule has 0 fully saturated rings. The van der Waals surface area contributed by atoms with Crippen LogP contribution >= 0.6 is 22.7 Å². The molecule has 0 saturated carbocycles. The smallest absolute Gasteiger partial charge is 0.397 e. The Kier molecular flexibility index (Phi) is 3.74. The number of nitrogens with two attached hydrogens (primary N) is 2. The lowest BCUT2D eigenvalue weighted by atomic mass is 10.1. The minimum atomic E-state index is -4.63. The van der Waals surface area contributed by atoms with E-state index in [-0.39, 0.29) is 26.5 Å². The Bertz CT molecular complexity index is 887. The van der Waals surface area contributed by atoms with E-state index in [1.54, 1.807) is 17.5 Å². The van der Waals surface area contributed by atoms with Crippen LogP contribution in [0.4, 0.5) is 18.9 Å². The van der Waals surface area contributed by atoms with Crippen molar-refractivity contribution in [3.8, 4) is 10.6 Å². The number of carbonyl (C=O) groups excluding carboxylic acids is 1. The number of nitrogen functional groups attached to an aromatic ring is 2. The molecule has 3 rings (SSSR count). The Morgan fingerprint density at radius 1 is 1.35 bits per heavy atom. The van der Waals surface area contributed by atoms with Crippen LogP contribution in [0.1, 0.15) is 15.2 Å². The molecule has 0 unspecified atom stereocenters. The maximum absolute atomic E-state index is 13.4. The van der Waals surface area contributed by atoms with Crippen LogP contribution in [0.15, 0.2) is 23.6 Å². The molecular weight excluding hydrogens is 349 g/mol. The van der Waals surface area contributed by atoms with Crippen molar-refractivity contribution in [1.29, 1.82) is 0 Å². The summed E-state index contributed by atoms with van der Waals surface area (Å²) in [6.45, 7) is 0. The number of hydrogen-bond acceptors (Lipinski definition) is 6. The molecular formula is C13H9F3N4OS2. The zero-order chi connectivity index (χ0) is 16.8. The Morgan fingerprint density at radius 2 is 2.09 bits per heavy atom. The highest BCUT2D eigenvalue weighted by Crippen LogP contribution is 2.43. The molecule has 0 aliphatic heterocycles. The maximum atomic E-state index is 13.4. The molecule has 5 nitrogen and oxygen atoms in total. The van der Waals surface area contributed by atoms with Gasteiger partial charge in [0.1, 0.15) is 9.71 Å². The van der Waals surface area contributed by atoms with Crippen molar-refractivity contribution >= 4 is 44.5 Å². The fourth-order valence-corrected chi connectivity index (χ4v) is 3.84. The summed E-state index contributed by atoms with van der Waals surface area (Å²) in [7, 11) is 0. The minimum Gasteiger partial charge on any atom is -0.397 e. The fraction of sp³-hybridized carbons (Fsp3) is 0.0769. The van der Waals surface area contributed by atoms with E-state index < -0.39 is 17.6 Å². The van der Waals surface area contributed by atoms with Crippen molar-refractivity contribution in [2.75, 3.05) is 5.73 Å². The number of nitrogens with one attached hydrogen (secondary N) is 1. The molecule has 5 N–H and O–H groups in total. The van der Waals surface area contributed by atoms with Gasteiger partial charge in [-0.2, -0.15) is 13.2 Å². The van der Waals surface area contributed by atoms with E-state index in [2.05, 4.69) is 4.98 Å². The van der Waals surface area contributed by atoms with Crippen molar-refractivity contribution in [3.63, 3.8) is 0 Å². The largest absolute Gasteiger partial charge is 0.417 e. The number of amides is 1. The third-order valence-electron chi connectivity index (χ3n) is 3.12. The molecule has 0 saturated heterocycles. The van der Waals surface area contributed by atoms with Gasteiger partial charge in [-0.15, -0.1) is 22.7 Å². The number of pyridine rings is 1. The van der Waals surface area contributed by atoms with Crippen molar-refractivity contribution in [2.45, 2.75) is 6.18 Å². The van der Waals surface area contributed by atoms with Gasteiger partial charge in [0, 0.05) is 5.39 Å². The highest BCUT2D eigenvalue weighted by Gasteiger charge is 2.36. The van der Waals surface area contributed by atoms with Crippen LogP contribution in [0.2, 0.25) is 0 Å². The van der Waals surface area contributed by atoms with Gasteiger partial charge in [0.25, 0.3) is 5.91 Å². The molecule has 3 aromatic heterocycles. The van der Waals surface area contributed by atoms with Crippen LogP contribution in [0.25, 0.3) is 20.8 Å². The molecule has 23 heavy (non-hydrogen) atoms. The second-order valence-electron chi connectivity index (χ2n) is 4.53. The Morgan fingerprint density at radius 3 is 2.65 bits per heavy atom. The van der Waals surface area contributed by atoms with Crippen LogP contribution in [-0.4, -0.2) is 10.9 Å². The topological polar surface area (TPSA) is 94.0 Å². The summed E-state index contributed by atoms with van der Waals surface area (Å²) in [6.07, 6.45) is -4.63. The van der Waals surface area contributed by atoms with Gasteiger partial charge in [0.2, 0.25) is 0 Å². The molecule has 0 aromatic carbocycles. The van der Waals surface area contributed by atoms with Gasteiger partial charge in [-0.3, -0.25) is 10.2 Å².